The van der Waals surface area contributed by atoms with E-state index in [0.717, 1.165) is 64.2 Å². The molecule has 0 radical (unpaired) electrons. The molecule has 0 atom stereocenters. The zero-order chi connectivity index (χ0) is 24.2. The number of carbonyl (C=O) groups excluding carboxylic acids is 1. The molecule has 0 heterocycles. The molecular formula is C30H40FNO2. The molecule has 0 saturated heterocycles. The average Bonchev–Trinajstić information content (AvgIpc) is 2.88. The van der Waals surface area contributed by atoms with Crippen LogP contribution in [0.2, 0.25) is 0 Å². The molecule has 0 N–H and O–H groups in total. The van der Waals surface area contributed by atoms with Crippen molar-refractivity contribution in [2.24, 2.45) is 11.8 Å². The Balaban J connectivity index is 1.33. The lowest BCUT2D eigenvalue weighted by molar-refractivity contribution is -0.157. The van der Waals surface area contributed by atoms with Gasteiger partial charge in [-0.1, -0.05) is 49.8 Å². The standard InChI is InChI=1S/C30H40FNO2/c1-2-3-7-23-10-14-25(15-11-23)26-18-20-29(21-19-26)34-30(33)27-16-12-24(13-17-27)8-5-4-6-9-28(31)22-32/h4,6,9-11,14-15,24,26-27,29H,2-3,5,7-8,12-13,16-21H2,1H3/t24-,26-,27-,29-. The second-order valence-corrected chi connectivity index (χ2v) is 10.1. The van der Waals surface area contributed by atoms with Crippen molar-refractivity contribution in [1.29, 1.82) is 5.26 Å². The lowest BCUT2D eigenvalue weighted by Gasteiger charge is -2.31. The van der Waals surface area contributed by atoms with Gasteiger partial charge in [-0.3, -0.25) is 4.79 Å². The van der Waals surface area contributed by atoms with Crippen LogP contribution in [0, 0.1) is 23.2 Å². The minimum Gasteiger partial charge on any atom is -0.462 e. The fraction of sp³-hybridized carbons (Fsp3) is 0.600. The predicted molar refractivity (Wildman–Crippen MR) is 135 cm³/mol. The van der Waals surface area contributed by atoms with Gasteiger partial charge in [-0.25, -0.2) is 0 Å². The number of carbonyl (C=O) groups is 1. The highest BCUT2D eigenvalue weighted by Crippen LogP contribution is 2.36. The van der Waals surface area contributed by atoms with Crippen molar-refractivity contribution in [3.8, 4) is 6.07 Å². The third kappa shape index (κ3) is 8.42. The summed E-state index contributed by atoms with van der Waals surface area (Å²) in [5.41, 5.74) is 2.87. The molecule has 0 unspecified atom stereocenters. The van der Waals surface area contributed by atoms with E-state index in [-0.39, 0.29) is 18.0 Å². The van der Waals surface area contributed by atoms with Crippen LogP contribution in [0.25, 0.3) is 0 Å². The number of rotatable bonds is 10. The fourth-order valence-electron chi connectivity index (χ4n) is 5.42. The van der Waals surface area contributed by atoms with Gasteiger partial charge in [0.15, 0.2) is 5.83 Å². The Kier molecular flexibility index (Phi) is 10.9. The first-order valence-corrected chi connectivity index (χ1v) is 13.3. The van der Waals surface area contributed by atoms with Crippen molar-refractivity contribution in [3.05, 3.63) is 59.4 Å². The Morgan fingerprint density at radius 3 is 2.44 bits per heavy atom. The highest BCUT2D eigenvalue weighted by Gasteiger charge is 2.30. The minimum absolute atomic E-state index is 0.0131. The molecule has 4 heteroatoms. The summed E-state index contributed by atoms with van der Waals surface area (Å²) in [6, 6.07) is 10.6. The van der Waals surface area contributed by atoms with E-state index in [4.69, 9.17) is 10.00 Å². The Morgan fingerprint density at radius 2 is 1.79 bits per heavy atom. The number of hydrogen-bond donors (Lipinski definition) is 0. The van der Waals surface area contributed by atoms with E-state index < -0.39 is 5.83 Å². The molecule has 184 valence electrons. The molecule has 0 aromatic heterocycles. The number of benzene rings is 1. The zero-order valence-electron chi connectivity index (χ0n) is 20.7. The number of esters is 1. The maximum atomic E-state index is 12.7. The molecule has 3 nitrogen and oxygen atoms in total. The highest BCUT2D eigenvalue weighted by atomic mass is 19.1. The summed E-state index contributed by atoms with van der Waals surface area (Å²) in [4.78, 5) is 12.7. The first kappa shape index (κ1) is 26.2. The number of ether oxygens (including phenoxy) is 1. The smallest absolute Gasteiger partial charge is 0.309 e. The number of nitrogens with zero attached hydrogens (tertiary/aromatic N) is 1. The number of halogens is 1. The molecule has 1 aromatic rings. The normalized spacial score (nSPS) is 25.7. The van der Waals surface area contributed by atoms with Crippen molar-refractivity contribution >= 4 is 5.97 Å². The largest absolute Gasteiger partial charge is 0.462 e. The van der Waals surface area contributed by atoms with Crippen LogP contribution in [0.5, 0.6) is 0 Å². The summed E-state index contributed by atoms with van der Waals surface area (Å²) in [6.45, 7) is 2.23. The predicted octanol–water partition coefficient (Wildman–Crippen LogP) is 8.12. The van der Waals surface area contributed by atoms with Crippen LogP contribution in [0.3, 0.4) is 0 Å². The Bertz CT molecular complexity index is 851. The lowest BCUT2D eigenvalue weighted by Crippen LogP contribution is -2.29. The van der Waals surface area contributed by atoms with E-state index in [1.165, 1.54) is 42.5 Å². The Morgan fingerprint density at radius 1 is 1.09 bits per heavy atom. The van der Waals surface area contributed by atoms with Gasteiger partial charge >= 0.3 is 5.97 Å². The first-order chi connectivity index (χ1) is 16.6. The molecule has 34 heavy (non-hydrogen) atoms. The van der Waals surface area contributed by atoms with Crippen molar-refractivity contribution in [2.45, 2.75) is 102 Å². The number of aryl methyl sites for hydroxylation is 1. The van der Waals surface area contributed by atoms with Crippen molar-refractivity contribution < 1.29 is 13.9 Å². The third-order valence-electron chi connectivity index (χ3n) is 7.63. The monoisotopic (exact) mass is 465 g/mol. The second-order valence-electron chi connectivity index (χ2n) is 10.1. The topological polar surface area (TPSA) is 50.1 Å². The van der Waals surface area contributed by atoms with Crippen LogP contribution in [0.15, 0.2) is 48.3 Å². The van der Waals surface area contributed by atoms with Crippen LogP contribution >= 0.6 is 0 Å². The minimum atomic E-state index is -0.764. The summed E-state index contributed by atoms with van der Waals surface area (Å²) in [5, 5.41) is 8.39. The van der Waals surface area contributed by atoms with E-state index in [1.807, 2.05) is 6.08 Å². The molecule has 0 spiro atoms. The van der Waals surface area contributed by atoms with Crippen LogP contribution in [0.1, 0.15) is 101 Å². The summed E-state index contributed by atoms with van der Waals surface area (Å²) < 4.78 is 18.7. The van der Waals surface area contributed by atoms with Gasteiger partial charge < -0.3 is 4.74 Å². The molecule has 0 amide bonds. The maximum Gasteiger partial charge on any atom is 0.309 e. The zero-order valence-corrected chi connectivity index (χ0v) is 20.7. The third-order valence-corrected chi connectivity index (χ3v) is 7.63. The molecule has 3 rings (SSSR count). The molecule has 1 aromatic carbocycles. The average molecular weight is 466 g/mol. The van der Waals surface area contributed by atoms with E-state index >= 15 is 0 Å². The molecule has 2 aliphatic carbocycles. The van der Waals surface area contributed by atoms with E-state index in [9.17, 15) is 9.18 Å². The van der Waals surface area contributed by atoms with E-state index in [1.54, 1.807) is 6.08 Å². The van der Waals surface area contributed by atoms with Gasteiger partial charge in [0.1, 0.15) is 12.2 Å². The number of allylic oxidation sites excluding steroid dienone is 4. The van der Waals surface area contributed by atoms with Gasteiger partial charge in [0.05, 0.1) is 5.92 Å². The SMILES string of the molecule is CCCCc1ccc([C@H]2CC[C@H](OC(=O)[C@H]3CC[C@H](CCC=CC=C(F)C#N)CC3)CC2)cc1. The summed E-state index contributed by atoms with van der Waals surface area (Å²) >= 11 is 0. The van der Waals surface area contributed by atoms with Gasteiger partial charge in [-0.2, -0.15) is 9.65 Å². The number of hydrogen-bond acceptors (Lipinski definition) is 3. The van der Waals surface area contributed by atoms with Gasteiger partial charge in [0, 0.05) is 0 Å². The van der Waals surface area contributed by atoms with E-state index in [2.05, 4.69) is 31.2 Å². The molecule has 2 saturated carbocycles. The lowest BCUT2D eigenvalue weighted by atomic mass is 9.79. The molecule has 2 aliphatic rings. The first-order valence-electron chi connectivity index (χ1n) is 13.3. The van der Waals surface area contributed by atoms with Gasteiger partial charge in [0.2, 0.25) is 0 Å². The van der Waals surface area contributed by atoms with Crippen molar-refractivity contribution in [3.63, 3.8) is 0 Å². The molecule has 0 bridgehead atoms. The fourth-order valence-corrected chi connectivity index (χ4v) is 5.42. The molecule has 2 fully saturated rings. The summed E-state index contributed by atoms with van der Waals surface area (Å²) in [5.74, 6) is 0.501. The number of nitriles is 1. The van der Waals surface area contributed by atoms with Crippen molar-refractivity contribution in [2.75, 3.05) is 0 Å². The van der Waals surface area contributed by atoms with Crippen LogP contribution in [-0.4, -0.2) is 12.1 Å². The Hall–Kier alpha value is -2.41. The molecule has 0 aliphatic heterocycles. The Labute approximate surface area is 205 Å². The summed E-state index contributed by atoms with van der Waals surface area (Å²) in [6.07, 6.45) is 18.4. The van der Waals surface area contributed by atoms with Gasteiger partial charge in [-0.15, -0.1) is 0 Å². The van der Waals surface area contributed by atoms with Gasteiger partial charge in [0.25, 0.3) is 0 Å². The highest BCUT2D eigenvalue weighted by molar-refractivity contribution is 5.72. The maximum absolute atomic E-state index is 12.7. The van der Waals surface area contributed by atoms with E-state index in [0.29, 0.717) is 11.8 Å². The van der Waals surface area contributed by atoms with Crippen LogP contribution in [0.4, 0.5) is 4.39 Å². The van der Waals surface area contributed by atoms with Crippen LogP contribution in [-0.2, 0) is 16.0 Å². The molecular weight excluding hydrogens is 425 g/mol. The van der Waals surface area contributed by atoms with Crippen LogP contribution < -0.4 is 0 Å². The summed E-state index contributed by atoms with van der Waals surface area (Å²) in [7, 11) is 0. The van der Waals surface area contributed by atoms with Crippen molar-refractivity contribution in [1.82, 2.24) is 0 Å². The van der Waals surface area contributed by atoms with Gasteiger partial charge in [-0.05, 0) is 106 Å². The number of unbranched alkanes of at least 4 members (excludes halogenated alkanes) is 1. The second kappa shape index (κ2) is 14.1. The quantitative estimate of drug-likeness (QED) is 0.199.